The molecule has 0 saturated carbocycles. The van der Waals surface area contributed by atoms with Crippen molar-refractivity contribution in [3.05, 3.63) is 30.3 Å². The molecule has 1 N–H and O–H groups in total. The maximum atomic E-state index is 12.3. The second-order valence-electron chi connectivity index (χ2n) is 4.27. The third-order valence-electron chi connectivity index (χ3n) is 3.27. The Balaban J connectivity index is 2.13. The van der Waals surface area contributed by atoms with Gasteiger partial charge in [-0.25, -0.2) is 13.4 Å². The Morgan fingerprint density at radius 3 is 2.29 bits per heavy atom. The molecule has 0 spiro atoms. The van der Waals surface area contributed by atoms with Crippen LogP contribution in [-0.4, -0.2) is 38.8 Å². The number of nitrogens with one attached hydrogen (secondary N) is 1. The van der Waals surface area contributed by atoms with Gasteiger partial charge in [-0.2, -0.15) is 0 Å². The SMILES string of the molecule is CNN1CCC(S(=O)(=O)c2ccccc2)CC1. The summed E-state index contributed by atoms with van der Waals surface area (Å²) in [5, 5.41) is 1.81. The molecule has 0 unspecified atom stereocenters. The van der Waals surface area contributed by atoms with E-state index in [9.17, 15) is 8.42 Å². The van der Waals surface area contributed by atoms with Crippen LogP contribution in [0, 0.1) is 0 Å². The molecule has 1 heterocycles. The molecule has 1 aromatic rings. The van der Waals surface area contributed by atoms with Gasteiger partial charge in [-0.3, -0.25) is 5.43 Å². The summed E-state index contributed by atoms with van der Waals surface area (Å²) in [7, 11) is -1.28. The average molecular weight is 254 g/mol. The second-order valence-corrected chi connectivity index (χ2v) is 6.50. The molecule has 17 heavy (non-hydrogen) atoms. The van der Waals surface area contributed by atoms with Crippen LogP contribution in [0.5, 0.6) is 0 Å². The predicted molar refractivity (Wildman–Crippen MR) is 67.3 cm³/mol. The van der Waals surface area contributed by atoms with Crippen LogP contribution >= 0.6 is 0 Å². The molecule has 94 valence electrons. The maximum absolute atomic E-state index is 12.3. The van der Waals surface area contributed by atoms with E-state index in [0.717, 1.165) is 13.1 Å². The molecule has 0 aliphatic carbocycles. The molecule has 5 heteroatoms. The first-order valence-corrected chi connectivity index (χ1v) is 7.40. The minimum absolute atomic E-state index is 0.241. The molecular formula is C12H18N2O2S. The average Bonchev–Trinajstić information content (AvgIpc) is 2.40. The zero-order valence-corrected chi connectivity index (χ0v) is 10.8. The van der Waals surface area contributed by atoms with Crippen LogP contribution in [0.2, 0.25) is 0 Å². The first-order chi connectivity index (χ1) is 8.14. The lowest BCUT2D eigenvalue weighted by Crippen LogP contribution is -2.44. The fourth-order valence-corrected chi connectivity index (χ4v) is 3.95. The molecule has 2 rings (SSSR count). The number of piperidine rings is 1. The van der Waals surface area contributed by atoms with Gasteiger partial charge in [0.05, 0.1) is 10.1 Å². The van der Waals surface area contributed by atoms with E-state index in [1.807, 2.05) is 13.1 Å². The van der Waals surface area contributed by atoms with E-state index in [1.165, 1.54) is 0 Å². The molecule has 1 saturated heterocycles. The lowest BCUT2D eigenvalue weighted by atomic mass is 10.1. The van der Waals surface area contributed by atoms with Gasteiger partial charge >= 0.3 is 0 Å². The van der Waals surface area contributed by atoms with Gasteiger partial charge in [-0.1, -0.05) is 18.2 Å². The Kier molecular flexibility index (Phi) is 3.81. The number of hydrogen-bond donors (Lipinski definition) is 1. The molecular weight excluding hydrogens is 236 g/mol. The van der Waals surface area contributed by atoms with E-state index in [0.29, 0.717) is 17.7 Å². The maximum Gasteiger partial charge on any atom is 0.181 e. The summed E-state index contributed by atoms with van der Waals surface area (Å²) in [6.07, 6.45) is 1.39. The first kappa shape index (κ1) is 12.5. The van der Waals surface area contributed by atoms with Crippen molar-refractivity contribution in [2.45, 2.75) is 23.0 Å². The molecule has 0 amide bonds. The highest BCUT2D eigenvalue weighted by atomic mass is 32.2. The van der Waals surface area contributed by atoms with Gasteiger partial charge in [0.15, 0.2) is 9.84 Å². The van der Waals surface area contributed by atoms with Crippen molar-refractivity contribution in [3.63, 3.8) is 0 Å². The third-order valence-corrected chi connectivity index (χ3v) is 5.55. The van der Waals surface area contributed by atoms with Gasteiger partial charge in [-0.05, 0) is 32.0 Å². The van der Waals surface area contributed by atoms with E-state index in [1.54, 1.807) is 24.3 Å². The summed E-state index contributed by atoms with van der Waals surface area (Å²) in [6.45, 7) is 1.57. The van der Waals surface area contributed by atoms with Crippen molar-refractivity contribution in [2.75, 3.05) is 20.1 Å². The van der Waals surface area contributed by atoms with Gasteiger partial charge in [0.2, 0.25) is 0 Å². The van der Waals surface area contributed by atoms with Crippen molar-refractivity contribution in [1.29, 1.82) is 0 Å². The van der Waals surface area contributed by atoms with Crippen molar-refractivity contribution >= 4 is 9.84 Å². The molecule has 1 aromatic carbocycles. The van der Waals surface area contributed by atoms with Crippen LogP contribution in [0.1, 0.15) is 12.8 Å². The Hall–Kier alpha value is -0.910. The second kappa shape index (κ2) is 5.16. The summed E-state index contributed by atoms with van der Waals surface area (Å²) in [6, 6.07) is 8.74. The van der Waals surface area contributed by atoms with Crippen molar-refractivity contribution in [3.8, 4) is 0 Å². The van der Waals surface area contributed by atoms with Crippen molar-refractivity contribution in [1.82, 2.24) is 10.4 Å². The van der Waals surface area contributed by atoms with Gasteiger partial charge in [0, 0.05) is 13.1 Å². The third kappa shape index (κ3) is 2.68. The van der Waals surface area contributed by atoms with Crippen molar-refractivity contribution < 1.29 is 8.42 Å². The van der Waals surface area contributed by atoms with Crippen LogP contribution in [0.4, 0.5) is 0 Å². The molecule has 1 fully saturated rings. The number of hydrazine groups is 1. The zero-order valence-electron chi connectivity index (χ0n) is 9.96. The lowest BCUT2D eigenvalue weighted by molar-refractivity contribution is 0.172. The first-order valence-electron chi connectivity index (χ1n) is 5.86. The largest absolute Gasteiger partial charge is 0.258 e. The molecule has 0 bridgehead atoms. The number of hydrogen-bond acceptors (Lipinski definition) is 4. The summed E-state index contributed by atoms with van der Waals surface area (Å²) in [5.41, 5.74) is 3.05. The van der Waals surface area contributed by atoms with Crippen LogP contribution in [-0.2, 0) is 9.84 Å². The minimum Gasteiger partial charge on any atom is -0.258 e. The highest BCUT2D eigenvalue weighted by molar-refractivity contribution is 7.92. The van der Waals surface area contributed by atoms with Crippen LogP contribution < -0.4 is 5.43 Å². The summed E-state index contributed by atoms with van der Waals surface area (Å²) in [5.74, 6) is 0. The van der Waals surface area contributed by atoms with E-state index in [-0.39, 0.29) is 5.25 Å². The van der Waals surface area contributed by atoms with E-state index in [4.69, 9.17) is 0 Å². The molecule has 0 aromatic heterocycles. The fraction of sp³-hybridized carbons (Fsp3) is 0.500. The highest BCUT2D eigenvalue weighted by Gasteiger charge is 2.30. The van der Waals surface area contributed by atoms with Gasteiger partial charge < -0.3 is 0 Å². The van der Waals surface area contributed by atoms with Crippen LogP contribution in [0.25, 0.3) is 0 Å². The number of rotatable bonds is 3. The van der Waals surface area contributed by atoms with E-state index < -0.39 is 9.84 Å². The zero-order chi connectivity index (χ0) is 12.3. The fourth-order valence-electron chi connectivity index (χ4n) is 2.19. The minimum atomic E-state index is -3.15. The standard InChI is InChI=1S/C12H18N2O2S/c1-13-14-9-7-12(8-10-14)17(15,16)11-5-3-2-4-6-11/h2-6,12-13H,7-10H2,1H3. The summed E-state index contributed by atoms with van der Waals surface area (Å²) >= 11 is 0. The Labute approximate surface area is 103 Å². The Morgan fingerprint density at radius 1 is 1.18 bits per heavy atom. The predicted octanol–water partition coefficient (Wildman–Crippen LogP) is 1.06. The Morgan fingerprint density at radius 2 is 1.76 bits per heavy atom. The van der Waals surface area contributed by atoms with Gasteiger partial charge in [0.1, 0.15) is 0 Å². The smallest absolute Gasteiger partial charge is 0.181 e. The quantitative estimate of drug-likeness (QED) is 0.876. The number of sulfone groups is 1. The van der Waals surface area contributed by atoms with Crippen molar-refractivity contribution in [2.24, 2.45) is 0 Å². The Bertz CT molecular complexity index is 451. The molecule has 4 nitrogen and oxygen atoms in total. The topological polar surface area (TPSA) is 49.4 Å². The molecule has 1 aliphatic heterocycles. The number of benzene rings is 1. The van der Waals surface area contributed by atoms with Crippen LogP contribution in [0.3, 0.4) is 0 Å². The normalized spacial score (nSPS) is 19.4. The van der Waals surface area contributed by atoms with Gasteiger partial charge in [-0.15, -0.1) is 0 Å². The number of nitrogens with zero attached hydrogens (tertiary/aromatic N) is 1. The summed E-state index contributed by atoms with van der Waals surface area (Å²) in [4.78, 5) is 0.447. The van der Waals surface area contributed by atoms with E-state index >= 15 is 0 Å². The van der Waals surface area contributed by atoms with Crippen LogP contribution in [0.15, 0.2) is 35.2 Å². The monoisotopic (exact) mass is 254 g/mol. The summed E-state index contributed by atoms with van der Waals surface area (Å²) < 4.78 is 24.7. The molecule has 1 aliphatic rings. The molecule has 0 radical (unpaired) electrons. The van der Waals surface area contributed by atoms with Gasteiger partial charge in [0.25, 0.3) is 0 Å². The highest BCUT2D eigenvalue weighted by Crippen LogP contribution is 2.23. The lowest BCUT2D eigenvalue weighted by Gasteiger charge is -2.30. The molecule has 0 atom stereocenters. The van der Waals surface area contributed by atoms with E-state index in [2.05, 4.69) is 10.4 Å².